The van der Waals surface area contributed by atoms with Crippen LogP contribution in [-0.4, -0.2) is 18.0 Å². The Hall–Kier alpha value is -2.30. The fourth-order valence-electron chi connectivity index (χ4n) is 1.78. The molecule has 1 aromatic carbocycles. The van der Waals surface area contributed by atoms with Gasteiger partial charge in [0.25, 0.3) is 5.56 Å². The number of rotatable bonds is 3. The lowest BCUT2D eigenvalue weighted by Crippen LogP contribution is -2.21. The van der Waals surface area contributed by atoms with Crippen molar-refractivity contribution < 1.29 is 9.53 Å². The van der Waals surface area contributed by atoms with Gasteiger partial charge < -0.3 is 19.8 Å². The Morgan fingerprint density at radius 2 is 2.18 bits per heavy atom. The molecule has 0 spiro atoms. The summed E-state index contributed by atoms with van der Waals surface area (Å²) in [6.07, 6.45) is 0.677. The van der Waals surface area contributed by atoms with Crippen LogP contribution in [0.1, 0.15) is 0 Å². The van der Waals surface area contributed by atoms with Crippen molar-refractivity contribution in [3.05, 3.63) is 34.6 Å². The quantitative estimate of drug-likeness (QED) is 0.794. The first-order valence-corrected chi connectivity index (χ1v) is 5.08. The van der Waals surface area contributed by atoms with E-state index in [1.807, 2.05) is 0 Å². The van der Waals surface area contributed by atoms with E-state index in [9.17, 15) is 9.59 Å². The number of nitrogens with zero attached hydrogens (tertiary/aromatic N) is 1. The zero-order valence-electron chi connectivity index (χ0n) is 9.34. The van der Waals surface area contributed by atoms with E-state index in [1.165, 1.54) is 17.7 Å². The minimum atomic E-state index is -0.296. The number of aldehydes is 1. The van der Waals surface area contributed by atoms with Gasteiger partial charge in [-0.1, -0.05) is 0 Å². The minimum absolute atomic E-state index is 0.00276. The Bertz CT molecular complexity index is 631. The number of benzene rings is 1. The Morgan fingerprint density at radius 1 is 1.41 bits per heavy atom. The summed E-state index contributed by atoms with van der Waals surface area (Å²) in [5.41, 5.74) is 6.47. The van der Waals surface area contributed by atoms with Crippen molar-refractivity contribution in [1.29, 1.82) is 0 Å². The predicted molar refractivity (Wildman–Crippen MR) is 65.2 cm³/mol. The van der Waals surface area contributed by atoms with Gasteiger partial charge in [-0.2, -0.15) is 0 Å². The number of ether oxygens (including phenoxy) is 1. The topological polar surface area (TPSA) is 74.3 Å². The average Bonchev–Trinajstić information content (AvgIpc) is 2.33. The minimum Gasteiger partial charge on any atom is -0.497 e. The second-order valence-electron chi connectivity index (χ2n) is 3.60. The zero-order valence-corrected chi connectivity index (χ0v) is 9.34. The van der Waals surface area contributed by atoms with Crippen LogP contribution < -0.4 is 16.0 Å². The summed E-state index contributed by atoms with van der Waals surface area (Å²) in [5.74, 6) is 0.613. The maximum absolute atomic E-state index is 11.7. The van der Waals surface area contributed by atoms with E-state index in [2.05, 4.69) is 0 Å². The van der Waals surface area contributed by atoms with Crippen molar-refractivity contribution in [2.45, 2.75) is 6.54 Å². The van der Waals surface area contributed by atoms with Crippen LogP contribution in [0.2, 0.25) is 0 Å². The van der Waals surface area contributed by atoms with Crippen LogP contribution in [0.3, 0.4) is 0 Å². The molecule has 1 aromatic heterocycles. The molecular formula is C12H12N2O3. The van der Waals surface area contributed by atoms with E-state index in [0.29, 0.717) is 23.2 Å². The molecule has 0 saturated carbocycles. The second kappa shape index (κ2) is 4.29. The standard InChI is InChI=1S/C12H12N2O3/c1-17-8-2-3-9-10(13)7-12(16)14(4-5-15)11(9)6-8/h2-3,5-7H,4,13H2,1H3. The van der Waals surface area contributed by atoms with Gasteiger partial charge in [0, 0.05) is 23.2 Å². The third kappa shape index (κ3) is 1.87. The molecule has 1 heterocycles. The second-order valence-corrected chi connectivity index (χ2v) is 3.60. The van der Waals surface area contributed by atoms with Gasteiger partial charge in [0.15, 0.2) is 0 Å². The lowest BCUT2D eigenvalue weighted by Gasteiger charge is -2.10. The SMILES string of the molecule is COc1ccc2c(N)cc(=O)n(CC=O)c2c1. The number of methoxy groups -OCH3 is 1. The lowest BCUT2D eigenvalue weighted by atomic mass is 10.1. The fraction of sp³-hybridized carbons (Fsp3) is 0.167. The van der Waals surface area contributed by atoms with Crippen LogP contribution in [0.15, 0.2) is 29.1 Å². The monoisotopic (exact) mass is 232 g/mol. The van der Waals surface area contributed by atoms with Crippen LogP contribution in [0.5, 0.6) is 5.75 Å². The summed E-state index contributed by atoms with van der Waals surface area (Å²) >= 11 is 0. The summed E-state index contributed by atoms with van der Waals surface area (Å²) in [4.78, 5) is 22.3. The number of anilines is 1. The van der Waals surface area contributed by atoms with E-state index in [-0.39, 0.29) is 12.1 Å². The van der Waals surface area contributed by atoms with Crippen LogP contribution in [0.4, 0.5) is 5.69 Å². The van der Waals surface area contributed by atoms with Gasteiger partial charge in [0.1, 0.15) is 12.0 Å². The van der Waals surface area contributed by atoms with E-state index >= 15 is 0 Å². The predicted octanol–water partition coefficient (Wildman–Crippen LogP) is 0.791. The zero-order chi connectivity index (χ0) is 12.4. The number of carbonyl (C=O) groups is 1. The fourth-order valence-corrected chi connectivity index (χ4v) is 1.78. The number of nitrogen functional groups attached to an aromatic ring is 1. The maximum Gasteiger partial charge on any atom is 0.253 e. The van der Waals surface area contributed by atoms with E-state index < -0.39 is 0 Å². The van der Waals surface area contributed by atoms with E-state index in [0.717, 1.165) is 5.39 Å². The molecule has 0 fully saturated rings. The Labute approximate surface area is 97.4 Å². The van der Waals surface area contributed by atoms with Gasteiger partial charge in [-0.3, -0.25) is 4.79 Å². The van der Waals surface area contributed by atoms with Crippen LogP contribution in [0, 0.1) is 0 Å². The highest BCUT2D eigenvalue weighted by molar-refractivity contribution is 5.91. The summed E-state index contributed by atoms with van der Waals surface area (Å²) in [5, 5.41) is 0.729. The number of nitrogens with two attached hydrogens (primary N) is 1. The number of carbonyl (C=O) groups excluding carboxylic acids is 1. The average molecular weight is 232 g/mol. The molecule has 0 unspecified atom stereocenters. The Balaban J connectivity index is 2.85. The van der Waals surface area contributed by atoms with Crippen molar-refractivity contribution in [3.8, 4) is 5.75 Å². The molecule has 2 aromatic rings. The van der Waals surface area contributed by atoms with Crippen LogP contribution in [0.25, 0.3) is 10.9 Å². The van der Waals surface area contributed by atoms with Gasteiger partial charge in [-0.15, -0.1) is 0 Å². The molecular weight excluding hydrogens is 220 g/mol. The molecule has 2 N–H and O–H groups in total. The molecule has 0 aliphatic heterocycles. The smallest absolute Gasteiger partial charge is 0.253 e. The third-order valence-electron chi connectivity index (χ3n) is 2.61. The highest BCUT2D eigenvalue weighted by Crippen LogP contribution is 2.23. The molecule has 0 radical (unpaired) electrons. The molecule has 0 bridgehead atoms. The summed E-state index contributed by atoms with van der Waals surface area (Å²) in [6, 6.07) is 6.54. The van der Waals surface area contributed by atoms with Gasteiger partial charge >= 0.3 is 0 Å². The number of fused-ring (bicyclic) bond motifs is 1. The van der Waals surface area contributed by atoms with Gasteiger partial charge in [-0.05, 0) is 12.1 Å². The Kier molecular flexibility index (Phi) is 2.82. The largest absolute Gasteiger partial charge is 0.497 e. The molecule has 5 nitrogen and oxygen atoms in total. The van der Waals surface area contributed by atoms with Crippen molar-refractivity contribution in [1.82, 2.24) is 4.57 Å². The van der Waals surface area contributed by atoms with Crippen molar-refractivity contribution >= 4 is 22.9 Å². The highest BCUT2D eigenvalue weighted by atomic mass is 16.5. The lowest BCUT2D eigenvalue weighted by molar-refractivity contribution is -0.108. The molecule has 0 aliphatic carbocycles. The number of hydrogen-bond acceptors (Lipinski definition) is 4. The molecule has 0 saturated heterocycles. The van der Waals surface area contributed by atoms with Crippen molar-refractivity contribution in [3.63, 3.8) is 0 Å². The first-order valence-electron chi connectivity index (χ1n) is 5.08. The first kappa shape index (κ1) is 11.2. The van der Waals surface area contributed by atoms with Crippen molar-refractivity contribution in [2.75, 3.05) is 12.8 Å². The molecule has 0 aliphatic rings. The van der Waals surface area contributed by atoms with Gasteiger partial charge in [-0.25, -0.2) is 0 Å². The number of pyridine rings is 1. The van der Waals surface area contributed by atoms with Crippen LogP contribution >= 0.6 is 0 Å². The van der Waals surface area contributed by atoms with Crippen LogP contribution in [-0.2, 0) is 11.3 Å². The van der Waals surface area contributed by atoms with Crippen molar-refractivity contribution in [2.24, 2.45) is 0 Å². The van der Waals surface area contributed by atoms with Gasteiger partial charge in [0.2, 0.25) is 0 Å². The summed E-state index contributed by atoms with van der Waals surface area (Å²) in [6.45, 7) is 0.00276. The molecule has 2 rings (SSSR count). The Morgan fingerprint density at radius 3 is 2.82 bits per heavy atom. The summed E-state index contributed by atoms with van der Waals surface area (Å²) < 4.78 is 6.45. The summed E-state index contributed by atoms with van der Waals surface area (Å²) in [7, 11) is 1.54. The van der Waals surface area contributed by atoms with Gasteiger partial charge in [0.05, 0.1) is 19.2 Å². The number of aromatic nitrogens is 1. The molecule has 0 amide bonds. The van der Waals surface area contributed by atoms with E-state index in [1.54, 1.807) is 18.2 Å². The first-order chi connectivity index (χ1) is 8.17. The number of hydrogen-bond donors (Lipinski definition) is 1. The molecule has 88 valence electrons. The maximum atomic E-state index is 11.7. The highest BCUT2D eigenvalue weighted by Gasteiger charge is 2.07. The van der Waals surface area contributed by atoms with E-state index in [4.69, 9.17) is 10.5 Å². The normalized spacial score (nSPS) is 10.4. The molecule has 17 heavy (non-hydrogen) atoms. The third-order valence-corrected chi connectivity index (χ3v) is 2.61. The molecule has 0 atom stereocenters. The molecule has 5 heteroatoms.